The van der Waals surface area contributed by atoms with Gasteiger partial charge in [-0.1, -0.05) is 120 Å². The molecule has 6 aromatic carbocycles. The Hall–Kier alpha value is -6.66. The summed E-state index contributed by atoms with van der Waals surface area (Å²) in [7, 11) is 0. The first-order chi connectivity index (χ1) is 32.2. The Morgan fingerprint density at radius 1 is 0.662 bits per heavy atom. The largest absolute Gasteiger partial charge is 0.486 e. The van der Waals surface area contributed by atoms with Crippen molar-refractivity contribution in [3.63, 3.8) is 0 Å². The molecule has 0 saturated carbocycles. The Morgan fingerprint density at radius 3 is 2.14 bits per heavy atom. The molecular formula is C58H50IrN4O2-2. The second-order valence-electron chi connectivity index (χ2n) is 18.1. The van der Waals surface area contributed by atoms with Crippen molar-refractivity contribution in [1.29, 1.82) is 0 Å². The molecule has 5 heterocycles. The summed E-state index contributed by atoms with van der Waals surface area (Å²) in [5, 5.41) is 2.25. The number of nitrogens with zero attached hydrogens (tertiary/aromatic N) is 4. The maximum atomic E-state index is 8.02. The van der Waals surface area contributed by atoms with Gasteiger partial charge in [0.1, 0.15) is 11.1 Å². The van der Waals surface area contributed by atoms with Gasteiger partial charge in [0, 0.05) is 46.9 Å². The number of hydrogen-bond acceptors (Lipinski definition) is 5. The quantitative estimate of drug-likeness (QED) is 0.155. The van der Waals surface area contributed by atoms with Gasteiger partial charge in [-0.3, -0.25) is 4.98 Å². The van der Waals surface area contributed by atoms with Gasteiger partial charge in [0.25, 0.3) is 0 Å². The van der Waals surface area contributed by atoms with E-state index in [-0.39, 0.29) is 42.9 Å². The molecular weight excluding hydrogens is 977 g/mol. The second kappa shape index (κ2) is 17.4. The van der Waals surface area contributed by atoms with Crippen molar-refractivity contribution in [3.05, 3.63) is 180 Å². The topological polar surface area (TPSA) is 69.9 Å². The molecule has 5 aromatic heterocycles. The van der Waals surface area contributed by atoms with Gasteiger partial charge in [0.15, 0.2) is 5.58 Å². The zero-order chi connectivity index (χ0) is 46.8. The van der Waals surface area contributed by atoms with E-state index in [2.05, 4.69) is 137 Å². The first-order valence-electron chi connectivity index (χ1n) is 23.4. The maximum Gasteiger partial charge on any atom is 0.216 e. The first-order valence-corrected chi connectivity index (χ1v) is 21.9. The maximum absolute atomic E-state index is 8.02. The Morgan fingerprint density at radius 2 is 1.42 bits per heavy atom. The fraction of sp³-hybridized carbons (Fsp3) is 0.190. The van der Waals surface area contributed by atoms with Gasteiger partial charge in [-0.25, -0.2) is 4.98 Å². The van der Waals surface area contributed by atoms with Crippen molar-refractivity contribution in [2.75, 3.05) is 0 Å². The molecule has 0 fully saturated rings. The van der Waals surface area contributed by atoms with Crippen LogP contribution >= 0.6 is 0 Å². The van der Waals surface area contributed by atoms with Crippen LogP contribution in [0, 0.1) is 19.0 Å². The van der Waals surface area contributed by atoms with Crippen LogP contribution in [0.3, 0.4) is 0 Å². The van der Waals surface area contributed by atoms with Gasteiger partial charge in [0.2, 0.25) is 5.71 Å². The number of fused-ring (bicyclic) bond motifs is 7. The third-order valence-electron chi connectivity index (χ3n) is 12.0. The predicted octanol–water partition coefficient (Wildman–Crippen LogP) is 15.8. The van der Waals surface area contributed by atoms with Crippen molar-refractivity contribution in [1.82, 2.24) is 19.5 Å². The summed E-state index contributed by atoms with van der Waals surface area (Å²) in [6.07, 6.45) is 1.87. The van der Waals surface area contributed by atoms with E-state index >= 15 is 0 Å². The van der Waals surface area contributed by atoms with Crippen LogP contribution in [0.5, 0.6) is 0 Å². The number of hydrogen-bond donors (Lipinski definition) is 0. The van der Waals surface area contributed by atoms with E-state index in [4.69, 9.17) is 22.9 Å². The van der Waals surface area contributed by atoms with Crippen molar-refractivity contribution >= 4 is 55.2 Å². The van der Waals surface area contributed by atoms with Crippen molar-refractivity contribution in [2.24, 2.45) is 0 Å². The van der Waals surface area contributed by atoms with Crippen LogP contribution in [0.4, 0.5) is 0 Å². The third-order valence-corrected chi connectivity index (χ3v) is 12.0. The first kappa shape index (κ1) is 39.9. The molecule has 0 bridgehead atoms. The van der Waals surface area contributed by atoms with Gasteiger partial charge in [-0.05, 0) is 106 Å². The van der Waals surface area contributed by atoms with Crippen LogP contribution in [0.15, 0.2) is 155 Å². The average molecular weight is 1030 g/mol. The molecule has 0 N–H and O–H groups in total. The van der Waals surface area contributed by atoms with Crippen molar-refractivity contribution in [3.8, 4) is 39.5 Å². The molecule has 0 aliphatic heterocycles. The summed E-state index contributed by atoms with van der Waals surface area (Å²) in [6, 6.07) is 53.2. The molecule has 65 heavy (non-hydrogen) atoms. The summed E-state index contributed by atoms with van der Waals surface area (Å²) < 4.78 is 39.2. The number of furan rings is 2. The number of pyridine rings is 2. The van der Waals surface area contributed by atoms with E-state index in [9.17, 15) is 0 Å². The molecule has 11 aromatic rings. The molecule has 11 rings (SSSR count). The van der Waals surface area contributed by atoms with E-state index in [1.807, 2.05) is 66.9 Å². The van der Waals surface area contributed by atoms with Gasteiger partial charge >= 0.3 is 0 Å². The fourth-order valence-electron chi connectivity index (χ4n) is 8.66. The Kier molecular flexibility index (Phi) is 10.7. The van der Waals surface area contributed by atoms with Gasteiger partial charge in [-0.15, -0.1) is 54.1 Å². The summed E-state index contributed by atoms with van der Waals surface area (Å²) in [5.41, 5.74) is 14.6. The number of rotatable bonds is 6. The van der Waals surface area contributed by atoms with Crippen LogP contribution in [-0.2, 0) is 25.5 Å². The fourth-order valence-corrected chi connectivity index (χ4v) is 8.66. The Bertz CT molecular complexity index is 3590. The summed E-state index contributed by atoms with van der Waals surface area (Å²) in [5.74, 6) is 1.18. The van der Waals surface area contributed by atoms with Gasteiger partial charge < -0.3 is 18.4 Å². The molecule has 0 saturated heterocycles. The van der Waals surface area contributed by atoms with E-state index < -0.39 is 6.85 Å². The molecule has 0 aliphatic rings. The molecule has 0 atom stereocenters. The average Bonchev–Trinajstić information content (AvgIpc) is 4.01. The summed E-state index contributed by atoms with van der Waals surface area (Å²) in [6.45, 7) is 13.3. The Balaban J connectivity index is 0.000000289. The molecule has 0 spiro atoms. The van der Waals surface area contributed by atoms with E-state index in [1.165, 1.54) is 27.8 Å². The Labute approximate surface area is 398 Å². The van der Waals surface area contributed by atoms with Crippen LogP contribution in [0.2, 0.25) is 0 Å². The number of imidazole rings is 1. The molecule has 0 unspecified atom stereocenters. The number of benzene rings is 6. The normalized spacial score (nSPS) is 12.7. The van der Waals surface area contributed by atoms with Crippen molar-refractivity contribution < 1.29 is 33.1 Å². The van der Waals surface area contributed by atoms with E-state index in [0.717, 1.165) is 50.1 Å². The minimum absolute atomic E-state index is 0. The number of aromatic nitrogens is 4. The third kappa shape index (κ3) is 7.98. The molecule has 0 aliphatic carbocycles. The molecule has 0 amide bonds. The minimum Gasteiger partial charge on any atom is -0.486 e. The van der Waals surface area contributed by atoms with Crippen molar-refractivity contribution in [2.45, 2.75) is 72.6 Å². The van der Waals surface area contributed by atoms with E-state index in [1.54, 1.807) is 12.1 Å². The summed E-state index contributed by atoms with van der Waals surface area (Å²) >= 11 is 0. The number of aryl methyl sites for hydroxylation is 1. The van der Waals surface area contributed by atoms with Crippen LogP contribution in [0.25, 0.3) is 94.6 Å². The van der Waals surface area contributed by atoms with Gasteiger partial charge in [0.05, 0.1) is 22.4 Å². The zero-order valence-electron chi connectivity index (χ0n) is 40.4. The standard InChI is InChI=1S/C43H34N3O2.C15H16N.Ir/c1-24(2)32-21-28(27-14-7-6-8-15-27)22-33(25(3)4)39(32)46-36-20-10-9-19-35(36)44-42(46)31-18-12-16-29-34-23-37-38(45-43(34)48-41(29)31)30-17-11-13-26(5)40(30)47-37;1-15(2,3)13-9-10-16-14(11-13)12-7-5-4-6-8-12;/h6-17,19-25H,1-5H3;4-7,9-11H,1-3H3;/q2*-1;/i5D3;;. The molecule has 7 heteroatoms. The van der Waals surface area contributed by atoms with Crippen LogP contribution < -0.4 is 0 Å². The predicted molar refractivity (Wildman–Crippen MR) is 263 cm³/mol. The summed E-state index contributed by atoms with van der Waals surface area (Å²) in [4.78, 5) is 14.6. The smallest absolute Gasteiger partial charge is 0.216 e. The minimum atomic E-state index is -2.32. The second-order valence-corrected chi connectivity index (χ2v) is 18.1. The zero-order valence-corrected chi connectivity index (χ0v) is 39.8. The monoisotopic (exact) mass is 1030 g/mol. The molecule has 1 radical (unpaired) electrons. The van der Waals surface area contributed by atoms with Crippen LogP contribution in [-0.4, -0.2) is 19.5 Å². The molecule has 325 valence electrons. The van der Waals surface area contributed by atoms with Crippen LogP contribution in [0.1, 0.15) is 86.7 Å². The SMILES string of the molecule is CC(C)(C)c1ccnc(-c2[c-]cccc2)c1.[2H]C([2H])([2H])c1cccc2c1oc1cc3c(nc12)oc1c(-c2nc4ccccc4n2-c2c(C(C)C)cc(-c4ccccc4)cc2C(C)C)[c-]ccc13.[Ir]. The molecule has 6 nitrogen and oxygen atoms in total. The number of para-hydroxylation sites is 3. The van der Waals surface area contributed by atoms with E-state index in [0.29, 0.717) is 33.4 Å². The van der Waals surface area contributed by atoms with Gasteiger partial charge in [-0.2, -0.15) is 0 Å².